The van der Waals surface area contributed by atoms with Crippen LogP contribution in [0.25, 0.3) is 0 Å². The van der Waals surface area contributed by atoms with Crippen LogP contribution in [0, 0.1) is 5.92 Å². The molecule has 0 saturated heterocycles. The van der Waals surface area contributed by atoms with E-state index in [-0.39, 0.29) is 13.2 Å². The summed E-state index contributed by atoms with van der Waals surface area (Å²) in [5.74, 6) is -0.712. The second-order valence-corrected chi connectivity index (χ2v) is 5.40. The van der Waals surface area contributed by atoms with E-state index < -0.39 is 18.0 Å². The average molecular weight is 327 g/mol. The van der Waals surface area contributed by atoms with Gasteiger partial charge in [-0.15, -0.1) is 0 Å². The van der Waals surface area contributed by atoms with E-state index in [0.717, 1.165) is 25.0 Å². The molecule has 0 aromatic heterocycles. The highest BCUT2D eigenvalue weighted by atomic mass is 16.6. The summed E-state index contributed by atoms with van der Waals surface area (Å²) in [6, 6.07) is 0. The van der Waals surface area contributed by atoms with Gasteiger partial charge in [-0.2, -0.15) is 0 Å². The molecule has 0 aromatic carbocycles. The van der Waals surface area contributed by atoms with Crippen LogP contribution in [0.2, 0.25) is 0 Å². The Balaban J connectivity index is 1.99. The van der Waals surface area contributed by atoms with Crippen molar-refractivity contribution in [1.29, 1.82) is 0 Å². The normalized spacial score (nSPS) is 15.2. The Morgan fingerprint density at radius 2 is 1.65 bits per heavy atom. The topological polar surface area (TPSA) is 90.9 Å². The van der Waals surface area contributed by atoms with Crippen molar-refractivity contribution in [2.75, 3.05) is 26.9 Å². The van der Waals surface area contributed by atoms with E-state index in [2.05, 4.69) is 10.1 Å². The van der Waals surface area contributed by atoms with E-state index in [9.17, 15) is 14.4 Å². The molecule has 0 aliphatic heterocycles. The Kier molecular flexibility index (Phi) is 9.51. The second-order valence-electron chi connectivity index (χ2n) is 5.40. The third-order valence-electron chi connectivity index (χ3n) is 3.58. The third kappa shape index (κ3) is 9.55. The van der Waals surface area contributed by atoms with Crippen LogP contribution in [0.15, 0.2) is 12.2 Å². The molecule has 0 radical (unpaired) electrons. The number of hydrogen-bond donors (Lipinski definition) is 1. The van der Waals surface area contributed by atoms with Crippen LogP contribution in [0.3, 0.4) is 0 Å². The van der Waals surface area contributed by atoms with Gasteiger partial charge < -0.3 is 19.5 Å². The van der Waals surface area contributed by atoms with Crippen LogP contribution in [0.4, 0.5) is 4.79 Å². The molecule has 1 aliphatic rings. The zero-order valence-corrected chi connectivity index (χ0v) is 13.5. The Morgan fingerprint density at radius 3 is 2.35 bits per heavy atom. The van der Waals surface area contributed by atoms with Crippen LogP contribution in [0.1, 0.15) is 38.5 Å². The van der Waals surface area contributed by atoms with E-state index in [1.807, 2.05) is 0 Å². The summed E-state index contributed by atoms with van der Waals surface area (Å²) in [6.45, 7) is 0.941. The molecule has 0 unspecified atom stereocenters. The van der Waals surface area contributed by atoms with Gasteiger partial charge in [0, 0.05) is 25.1 Å². The quantitative estimate of drug-likeness (QED) is 0.317. The number of carbonyl (C=O) groups is 3. The molecule has 1 saturated carbocycles. The fourth-order valence-electron chi connectivity index (χ4n) is 2.32. The van der Waals surface area contributed by atoms with Crippen molar-refractivity contribution in [2.45, 2.75) is 38.5 Å². The van der Waals surface area contributed by atoms with Gasteiger partial charge in [-0.3, -0.25) is 0 Å². The standard InChI is InChI=1S/C16H25NO6/c1-21-14(18)8-9-15(19)22-10-5-11-23-16(20)17-12-13-6-3-2-4-7-13/h8-9,13H,2-7,10-12H2,1H3,(H,17,20)/b9-8+. The van der Waals surface area contributed by atoms with Gasteiger partial charge in [0.1, 0.15) is 0 Å². The first-order valence-electron chi connectivity index (χ1n) is 7.95. The number of alkyl carbamates (subject to hydrolysis) is 1. The van der Waals surface area contributed by atoms with Gasteiger partial charge in [0.05, 0.1) is 20.3 Å². The highest BCUT2D eigenvalue weighted by Crippen LogP contribution is 2.22. The number of esters is 2. The molecule has 7 nitrogen and oxygen atoms in total. The first-order chi connectivity index (χ1) is 11.1. The maximum Gasteiger partial charge on any atom is 0.407 e. The molecule has 0 bridgehead atoms. The van der Waals surface area contributed by atoms with Gasteiger partial charge in [0.2, 0.25) is 0 Å². The van der Waals surface area contributed by atoms with E-state index in [1.54, 1.807) is 0 Å². The van der Waals surface area contributed by atoms with Crippen molar-refractivity contribution in [3.63, 3.8) is 0 Å². The van der Waals surface area contributed by atoms with Gasteiger partial charge >= 0.3 is 18.0 Å². The first kappa shape index (κ1) is 19.0. The van der Waals surface area contributed by atoms with Gasteiger partial charge in [0.25, 0.3) is 0 Å². The lowest BCUT2D eigenvalue weighted by atomic mass is 9.89. The zero-order valence-electron chi connectivity index (χ0n) is 13.5. The molecule has 0 heterocycles. The van der Waals surface area contributed by atoms with Gasteiger partial charge in [-0.1, -0.05) is 19.3 Å². The van der Waals surface area contributed by atoms with E-state index in [4.69, 9.17) is 9.47 Å². The molecule has 0 aromatic rings. The Morgan fingerprint density at radius 1 is 1.00 bits per heavy atom. The first-order valence-corrected chi connectivity index (χ1v) is 7.95. The number of amides is 1. The summed E-state index contributed by atoms with van der Waals surface area (Å²) in [6.07, 6.45) is 8.01. The Labute approximate surface area is 136 Å². The van der Waals surface area contributed by atoms with Gasteiger partial charge in [-0.25, -0.2) is 14.4 Å². The highest BCUT2D eigenvalue weighted by Gasteiger charge is 2.14. The van der Waals surface area contributed by atoms with Crippen LogP contribution in [-0.4, -0.2) is 44.9 Å². The molecule has 130 valence electrons. The predicted octanol–water partition coefficient (Wildman–Crippen LogP) is 1.96. The predicted molar refractivity (Wildman–Crippen MR) is 82.7 cm³/mol. The number of carbonyl (C=O) groups excluding carboxylic acids is 3. The average Bonchev–Trinajstić information content (AvgIpc) is 2.58. The van der Waals surface area contributed by atoms with E-state index >= 15 is 0 Å². The molecule has 1 aliphatic carbocycles. The molecule has 7 heteroatoms. The minimum absolute atomic E-state index is 0.111. The van der Waals surface area contributed by atoms with Crippen molar-refractivity contribution in [1.82, 2.24) is 5.32 Å². The minimum Gasteiger partial charge on any atom is -0.466 e. The molecule has 23 heavy (non-hydrogen) atoms. The van der Waals surface area contributed by atoms with Crippen LogP contribution >= 0.6 is 0 Å². The molecule has 0 spiro atoms. The fraction of sp³-hybridized carbons (Fsp3) is 0.688. The van der Waals surface area contributed by atoms with Crippen LogP contribution in [-0.2, 0) is 23.8 Å². The lowest BCUT2D eigenvalue weighted by Crippen LogP contribution is -2.31. The SMILES string of the molecule is COC(=O)/C=C/C(=O)OCCCOC(=O)NCC1CCCCC1. The third-order valence-corrected chi connectivity index (χ3v) is 3.58. The maximum atomic E-state index is 11.5. The minimum atomic E-state index is -0.642. The number of rotatable bonds is 8. The summed E-state index contributed by atoms with van der Waals surface area (Å²) in [7, 11) is 1.22. The van der Waals surface area contributed by atoms with E-state index in [1.165, 1.54) is 26.4 Å². The Hall–Kier alpha value is -2.05. The Bertz CT molecular complexity index is 415. The fourth-order valence-corrected chi connectivity index (χ4v) is 2.32. The molecule has 1 fully saturated rings. The lowest BCUT2D eigenvalue weighted by Gasteiger charge is -2.21. The number of ether oxygens (including phenoxy) is 3. The molecule has 1 rings (SSSR count). The lowest BCUT2D eigenvalue weighted by molar-refractivity contribution is -0.139. The van der Waals surface area contributed by atoms with Gasteiger partial charge in [-0.05, 0) is 18.8 Å². The second kappa shape index (κ2) is 11.5. The molecular weight excluding hydrogens is 302 g/mol. The maximum absolute atomic E-state index is 11.5. The van der Waals surface area contributed by atoms with Crippen molar-refractivity contribution in [3.8, 4) is 0 Å². The van der Waals surface area contributed by atoms with Crippen molar-refractivity contribution >= 4 is 18.0 Å². The van der Waals surface area contributed by atoms with Crippen LogP contribution < -0.4 is 5.32 Å². The van der Waals surface area contributed by atoms with Crippen molar-refractivity contribution in [3.05, 3.63) is 12.2 Å². The zero-order chi connectivity index (χ0) is 16.9. The molecular formula is C16H25NO6. The number of nitrogens with one attached hydrogen (secondary N) is 1. The monoisotopic (exact) mass is 327 g/mol. The number of methoxy groups -OCH3 is 1. The van der Waals surface area contributed by atoms with E-state index in [0.29, 0.717) is 18.9 Å². The summed E-state index contributed by atoms with van der Waals surface area (Å²) in [4.78, 5) is 33.5. The molecule has 1 amide bonds. The largest absolute Gasteiger partial charge is 0.466 e. The van der Waals surface area contributed by atoms with Gasteiger partial charge in [0.15, 0.2) is 0 Å². The highest BCUT2D eigenvalue weighted by molar-refractivity contribution is 5.91. The summed E-state index contributed by atoms with van der Waals surface area (Å²) in [5, 5.41) is 2.76. The summed E-state index contributed by atoms with van der Waals surface area (Å²) in [5.41, 5.74) is 0. The molecule has 1 N–H and O–H groups in total. The smallest absolute Gasteiger partial charge is 0.407 e. The summed E-state index contributed by atoms with van der Waals surface area (Å²) < 4.78 is 14.2. The summed E-state index contributed by atoms with van der Waals surface area (Å²) >= 11 is 0. The van der Waals surface area contributed by atoms with Crippen molar-refractivity contribution < 1.29 is 28.6 Å². The van der Waals surface area contributed by atoms with Crippen LogP contribution in [0.5, 0.6) is 0 Å². The molecule has 0 atom stereocenters. The van der Waals surface area contributed by atoms with Crippen molar-refractivity contribution in [2.24, 2.45) is 5.92 Å². The number of hydrogen-bond acceptors (Lipinski definition) is 6.